The number of nitrogens with two attached hydrogens (primary N) is 1. The van der Waals surface area contributed by atoms with Gasteiger partial charge in [-0.05, 0) is 6.07 Å². The van der Waals surface area contributed by atoms with Gasteiger partial charge in [-0.3, -0.25) is 14.8 Å². The van der Waals surface area contributed by atoms with Crippen molar-refractivity contribution in [1.29, 1.82) is 0 Å². The Morgan fingerprint density at radius 2 is 2.40 bits per heavy atom. The minimum atomic E-state index is -0.286. The molecular weight excluding hydrogens is 216 g/mol. The molecule has 78 valence electrons. The second kappa shape index (κ2) is 3.65. The lowest BCUT2D eigenvalue weighted by Gasteiger charge is -2.00. The van der Waals surface area contributed by atoms with E-state index < -0.39 is 0 Å². The first kappa shape index (κ1) is 9.59. The summed E-state index contributed by atoms with van der Waals surface area (Å²) in [6, 6.07) is 1.61. The van der Waals surface area contributed by atoms with Crippen molar-refractivity contribution in [1.82, 2.24) is 20.0 Å². The molecule has 0 aliphatic rings. The van der Waals surface area contributed by atoms with E-state index in [0.29, 0.717) is 16.0 Å². The van der Waals surface area contributed by atoms with Crippen LogP contribution in [0.25, 0.3) is 0 Å². The highest BCUT2D eigenvalue weighted by atomic mass is 32.1. The largest absolute Gasteiger partial charge is 0.374 e. The van der Waals surface area contributed by atoms with Crippen LogP contribution >= 0.6 is 11.3 Å². The van der Waals surface area contributed by atoms with Gasteiger partial charge in [-0.25, -0.2) is 0 Å². The van der Waals surface area contributed by atoms with Crippen LogP contribution in [0, 0.1) is 0 Å². The summed E-state index contributed by atoms with van der Waals surface area (Å²) in [5.41, 5.74) is 5.83. The molecule has 0 atom stereocenters. The van der Waals surface area contributed by atoms with Crippen molar-refractivity contribution in [3.8, 4) is 0 Å². The van der Waals surface area contributed by atoms with Crippen LogP contribution in [0.1, 0.15) is 10.5 Å². The Labute approximate surface area is 88.9 Å². The van der Waals surface area contributed by atoms with Crippen LogP contribution in [0.5, 0.6) is 0 Å². The number of hydrogen-bond acceptors (Lipinski definition) is 6. The van der Waals surface area contributed by atoms with Crippen LogP contribution < -0.4 is 11.1 Å². The number of hydrogen-bond donors (Lipinski definition) is 2. The molecule has 2 rings (SSSR count). The Morgan fingerprint density at radius 1 is 1.60 bits per heavy atom. The molecular formula is C7H8N6OS. The fraction of sp³-hybridized carbons (Fsp3) is 0.143. The van der Waals surface area contributed by atoms with Crippen molar-refractivity contribution in [3.63, 3.8) is 0 Å². The molecule has 7 nitrogen and oxygen atoms in total. The molecule has 0 spiro atoms. The molecule has 1 amide bonds. The number of anilines is 2. The zero-order chi connectivity index (χ0) is 10.8. The number of amides is 1. The molecule has 15 heavy (non-hydrogen) atoms. The maximum atomic E-state index is 11.6. The van der Waals surface area contributed by atoms with Crippen molar-refractivity contribution in [2.75, 3.05) is 11.1 Å². The Kier molecular flexibility index (Phi) is 2.34. The van der Waals surface area contributed by atoms with E-state index in [4.69, 9.17) is 5.73 Å². The molecule has 0 radical (unpaired) electrons. The normalized spacial score (nSPS) is 10.2. The average molecular weight is 224 g/mol. The monoisotopic (exact) mass is 224 g/mol. The van der Waals surface area contributed by atoms with Crippen LogP contribution in [0.2, 0.25) is 0 Å². The Bertz CT molecular complexity index is 489. The summed E-state index contributed by atoms with van der Waals surface area (Å²) in [6.45, 7) is 0. The Morgan fingerprint density at radius 3 is 2.93 bits per heavy atom. The van der Waals surface area contributed by atoms with Crippen LogP contribution in [0.15, 0.2) is 12.3 Å². The van der Waals surface area contributed by atoms with Gasteiger partial charge in [0.15, 0.2) is 0 Å². The fourth-order valence-electron chi connectivity index (χ4n) is 1.04. The van der Waals surface area contributed by atoms with E-state index in [1.807, 2.05) is 0 Å². The number of aromatic nitrogens is 4. The lowest BCUT2D eigenvalue weighted by atomic mass is 10.4. The van der Waals surface area contributed by atoms with Crippen molar-refractivity contribution in [2.24, 2.45) is 7.05 Å². The van der Waals surface area contributed by atoms with Gasteiger partial charge in [0.2, 0.25) is 10.3 Å². The summed E-state index contributed by atoms with van der Waals surface area (Å²) in [7, 11) is 1.68. The highest BCUT2D eigenvalue weighted by Gasteiger charge is 2.11. The van der Waals surface area contributed by atoms with Crippen molar-refractivity contribution < 1.29 is 4.79 Å². The summed E-state index contributed by atoms with van der Waals surface area (Å²) in [4.78, 5) is 11.6. The van der Waals surface area contributed by atoms with Crippen LogP contribution in [0.3, 0.4) is 0 Å². The summed E-state index contributed by atoms with van der Waals surface area (Å²) in [5.74, 6) is -0.286. The molecule has 0 aliphatic carbocycles. The first-order chi connectivity index (χ1) is 7.16. The zero-order valence-electron chi connectivity index (χ0n) is 7.84. The van der Waals surface area contributed by atoms with E-state index in [1.165, 1.54) is 4.68 Å². The van der Waals surface area contributed by atoms with Crippen molar-refractivity contribution in [3.05, 3.63) is 18.0 Å². The van der Waals surface area contributed by atoms with E-state index in [0.717, 1.165) is 11.3 Å². The van der Waals surface area contributed by atoms with Gasteiger partial charge in [-0.15, -0.1) is 10.2 Å². The standard InChI is InChI=1S/C7H8N6OS/c1-13-4(2-3-9-13)5(14)10-7-12-11-6(8)15-7/h2-3H,1H3,(H2,8,11)(H,10,12,14). The molecule has 2 aromatic heterocycles. The van der Waals surface area contributed by atoms with E-state index in [1.54, 1.807) is 19.3 Å². The van der Waals surface area contributed by atoms with Crippen LogP contribution in [-0.4, -0.2) is 25.9 Å². The number of aryl methyl sites for hydroxylation is 1. The molecule has 0 saturated heterocycles. The van der Waals surface area contributed by atoms with Crippen LogP contribution in [0.4, 0.5) is 10.3 Å². The molecule has 0 fully saturated rings. The highest BCUT2D eigenvalue weighted by molar-refractivity contribution is 7.19. The van der Waals surface area contributed by atoms with E-state index >= 15 is 0 Å². The number of nitrogens with zero attached hydrogens (tertiary/aromatic N) is 4. The number of rotatable bonds is 2. The third-order valence-corrected chi connectivity index (χ3v) is 2.38. The third-order valence-electron chi connectivity index (χ3n) is 1.71. The number of nitrogen functional groups attached to an aromatic ring is 1. The van der Waals surface area contributed by atoms with Gasteiger partial charge in [-0.1, -0.05) is 11.3 Å². The lowest BCUT2D eigenvalue weighted by molar-refractivity contribution is 0.101. The second-order valence-corrected chi connectivity index (χ2v) is 3.75. The zero-order valence-corrected chi connectivity index (χ0v) is 8.65. The molecule has 3 N–H and O–H groups in total. The van der Waals surface area contributed by atoms with Gasteiger partial charge >= 0.3 is 0 Å². The summed E-state index contributed by atoms with van der Waals surface area (Å²) in [6.07, 6.45) is 1.55. The van der Waals surface area contributed by atoms with Crippen molar-refractivity contribution >= 4 is 27.5 Å². The SMILES string of the molecule is Cn1nccc1C(=O)Nc1nnc(N)s1. The molecule has 2 aromatic rings. The molecule has 0 unspecified atom stereocenters. The van der Waals surface area contributed by atoms with Gasteiger partial charge in [0, 0.05) is 13.2 Å². The molecule has 2 heterocycles. The minimum Gasteiger partial charge on any atom is -0.374 e. The first-order valence-electron chi connectivity index (χ1n) is 4.05. The molecule has 0 saturated carbocycles. The molecule has 0 bridgehead atoms. The highest BCUT2D eigenvalue weighted by Crippen LogP contribution is 2.16. The minimum absolute atomic E-state index is 0.286. The summed E-state index contributed by atoms with van der Waals surface area (Å²) >= 11 is 1.11. The molecule has 8 heteroatoms. The first-order valence-corrected chi connectivity index (χ1v) is 4.87. The molecule has 0 aliphatic heterocycles. The van der Waals surface area contributed by atoms with Crippen molar-refractivity contribution in [2.45, 2.75) is 0 Å². The number of carbonyl (C=O) groups is 1. The quantitative estimate of drug-likeness (QED) is 0.754. The summed E-state index contributed by atoms with van der Waals surface area (Å²) < 4.78 is 1.47. The van der Waals surface area contributed by atoms with Gasteiger partial charge in [0.05, 0.1) is 0 Å². The fourth-order valence-corrected chi connectivity index (χ4v) is 1.55. The summed E-state index contributed by atoms with van der Waals surface area (Å²) in [5, 5.41) is 14.4. The van der Waals surface area contributed by atoms with Gasteiger partial charge in [0.25, 0.3) is 5.91 Å². The van der Waals surface area contributed by atoms with E-state index in [2.05, 4.69) is 20.6 Å². The number of nitrogens with one attached hydrogen (secondary N) is 1. The Balaban J connectivity index is 2.14. The average Bonchev–Trinajstić information content (AvgIpc) is 2.75. The topological polar surface area (TPSA) is 98.7 Å². The third kappa shape index (κ3) is 1.94. The van der Waals surface area contributed by atoms with E-state index in [9.17, 15) is 4.79 Å². The van der Waals surface area contributed by atoms with E-state index in [-0.39, 0.29) is 5.91 Å². The van der Waals surface area contributed by atoms with Crippen LogP contribution in [-0.2, 0) is 7.05 Å². The number of carbonyl (C=O) groups excluding carboxylic acids is 1. The lowest BCUT2D eigenvalue weighted by Crippen LogP contribution is -2.15. The van der Waals surface area contributed by atoms with Gasteiger partial charge < -0.3 is 5.73 Å². The smallest absolute Gasteiger partial charge is 0.275 e. The second-order valence-electron chi connectivity index (χ2n) is 2.74. The predicted octanol–water partition coefficient (Wildman–Crippen LogP) is 0.106. The maximum Gasteiger partial charge on any atom is 0.275 e. The maximum absolute atomic E-state index is 11.6. The van der Waals surface area contributed by atoms with Gasteiger partial charge in [0.1, 0.15) is 5.69 Å². The predicted molar refractivity (Wildman–Crippen MR) is 55.5 cm³/mol. The van der Waals surface area contributed by atoms with Gasteiger partial charge in [-0.2, -0.15) is 5.10 Å². The molecule has 0 aromatic carbocycles. The Hall–Kier alpha value is -1.96.